The lowest BCUT2D eigenvalue weighted by Gasteiger charge is -2.39. The maximum absolute atomic E-state index is 12.6. The number of hydrogen-bond donors (Lipinski definition) is 0. The highest BCUT2D eigenvalue weighted by molar-refractivity contribution is 5.79. The van der Waals surface area contributed by atoms with Crippen LogP contribution in [0.15, 0.2) is 24.3 Å². The standard InChI is InChI=1S/C19H30N2O3/c1-15-6-5-7-16(2)21(15)19(22)14-20(3)12-13-24-18-10-8-17(23-4)9-11-18/h8-11,15-16H,5-7,12-14H2,1-4H3. The van der Waals surface area contributed by atoms with Crippen LogP contribution in [0.4, 0.5) is 0 Å². The highest BCUT2D eigenvalue weighted by Crippen LogP contribution is 2.22. The molecular weight excluding hydrogens is 304 g/mol. The average Bonchev–Trinajstić information content (AvgIpc) is 2.55. The van der Waals surface area contributed by atoms with Crippen LogP contribution in [0.3, 0.4) is 0 Å². The summed E-state index contributed by atoms with van der Waals surface area (Å²) in [6, 6.07) is 8.24. The molecule has 1 aromatic carbocycles. The van der Waals surface area contributed by atoms with E-state index in [0.29, 0.717) is 31.8 Å². The van der Waals surface area contributed by atoms with Crippen LogP contribution in [0.5, 0.6) is 11.5 Å². The maximum atomic E-state index is 12.6. The molecule has 2 unspecified atom stereocenters. The fourth-order valence-corrected chi connectivity index (χ4v) is 3.30. The molecule has 1 heterocycles. The van der Waals surface area contributed by atoms with Gasteiger partial charge in [-0.05, 0) is 64.4 Å². The van der Waals surface area contributed by atoms with E-state index in [1.54, 1.807) is 7.11 Å². The zero-order valence-corrected chi connectivity index (χ0v) is 15.3. The van der Waals surface area contributed by atoms with Gasteiger partial charge in [0.05, 0.1) is 13.7 Å². The molecule has 134 valence electrons. The van der Waals surface area contributed by atoms with Crippen molar-refractivity contribution in [2.24, 2.45) is 0 Å². The summed E-state index contributed by atoms with van der Waals surface area (Å²) in [6.07, 6.45) is 3.44. The summed E-state index contributed by atoms with van der Waals surface area (Å²) in [7, 11) is 3.61. The second-order valence-electron chi connectivity index (χ2n) is 6.69. The summed E-state index contributed by atoms with van der Waals surface area (Å²) in [5, 5.41) is 0. The summed E-state index contributed by atoms with van der Waals surface area (Å²) in [6.45, 7) is 6.02. The van der Waals surface area contributed by atoms with Crippen molar-refractivity contribution in [2.45, 2.75) is 45.2 Å². The molecule has 0 aromatic heterocycles. The van der Waals surface area contributed by atoms with Crippen molar-refractivity contribution in [1.29, 1.82) is 0 Å². The number of amides is 1. The SMILES string of the molecule is COc1ccc(OCCN(C)CC(=O)N2C(C)CCCC2C)cc1. The number of carbonyl (C=O) groups excluding carboxylic acids is 1. The van der Waals surface area contributed by atoms with E-state index in [1.165, 1.54) is 6.42 Å². The van der Waals surface area contributed by atoms with E-state index >= 15 is 0 Å². The fraction of sp³-hybridized carbons (Fsp3) is 0.632. The van der Waals surface area contributed by atoms with Crippen molar-refractivity contribution in [3.63, 3.8) is 0 Å². The normalized spacial score (nSPS) is 21.0. The van der Waals surface area contributed by atoms with Crippen molar-refractivity contribution in [2.75, 3.05) is 33.9 Å². The van der Waals surface area contributed by atoms with Crippen molar-refractivity contribution >= 4 is 5.91 Å². The molecule has 0 bridgehead atoms. The van der Waals surface area contributed by atoms with Crippen LogP contribution in [-0.2, 0) is 4.79 Å². The van der Waals surface area contributed by atoms with Crippen LogP contribution in [-0.4, -0.2) is 61.6 Å². The molecule has 1 saturated heterocycles. The van der Waals surface area contributed by atoms with Gasteiger partial charge in [0.2, 0.25) is 5.91 Å². The molecule has 0 radical (unpaired) electrons. The Hall–Kier alpha value is -1.75. The van der Waals surface area contributed by atoms with Gasteiger partial charge in [-0.25, -0.2) is 0 Å². The number of rotatable bonds is 7. The molecular formula is C19H30N2O3. The summed E-state index contributed by atoms with van der Waals surface area (Å²) >= 11 is 0. The molecule has 1 aliphatic rings. The highest BCUT2D eigenvalue weighted by atomic mass is 16.5. The predicted molar refractivity (Wildman–Crippen MR) is 95.6 cm³/mol. The number of likely N-dealkylation sites (N-methyl/N-ethyl adjacent to an activating group) is 1. The molecule has 1 aliphatic heterocycles. The zero-order valence-electron chi connectivity index (χ0n) is 15.3. The maximum Gasteiger partial charge on any atom is 0.237 e. The second kappa shape index (κ2) is 8.92. The van der Waals surface area contributed by atoms with Gasteiger partial charge in [-0.1, -0.05) is 0 Å². The Bertz CT molecular complexity index is 508. The second-order valence-corrected chi connectivity index (χ2v) is 6.69. The van der Waals surface area contributed by atoms with Crippen LogP contribution in [0.2, 0.25) is 0 Å². The van der Waals surface area contributed by atoms with Crippen molar-refractivity contribution in [1.82, 2.24) is 9.80 Å². The smallest absolute Gasteiger partial charge is 0.237 e. The number of ether oxygens (including phenoxy) is 2. The lowest BCUT2D eigenvalue weighted by atomic mass is 9.97. The third-order valence-electron chi connectivity index (χ3n) is 4.69. The van der Waals surface area contributed by atoms with Gasteiger partial charge in [0.15, 0.2) is 0 Å². The first kappa shape index (κ1) is 18.6. The summed E-state index contributed by atoms with van der Waals surface area (Å²) < 4.78 is 10.8. The molecule has 0 N–H and O–H groups in total. The van der Waals surface area contributed by atoms with Gasteiger partial charge >= 0.3 is 0 Å². The number of hydrogen-bond acceptors (Lipinski definition) is 4. The Kier molecular flexibility index (Phi) is 6.91. The van der Waals surface area contributed by atoms with E-state index in [-0.39, 0.29) is 5.91 Å². The predicted octanol–water partition coefficient (Wildman–Crippen LogP) is 2.80. The first-order valence-electron chi connectivity index (χ1n) is 8.78. The van der Waals surface area contributed by atoms with Crippen LogP contribution in [0.25, 0.3) is 0 Å². The van der Waals surface area contributed by atoms with Gasteiger partial charge in [-0.15, -0.1) is 0 Å². The topological polar surface area (TPSA) is 42.0 Å². The first-order valence-corrected chi connectivity index (χ1v) is 8.78. The van der Waals surface area contributed by atoms with Crippen molar-refractivity contribution < 1.29 is 14.3 Å². The van der Waals surface area contributed by atoms with Crippen LogP contribution in [0.1, 0.15) is 33.1 Å². The molecule has 2 rings (SSSR count). The molecule has 1 fully saturated rings. The Labute approximate surface area is 145 Å². The number of benzene rings is 1. The minimum atomic E-state index is 0.224. The highest BCUT2D eigenvalue weighted by Gasteiger charge is 2.29. The quantitative estimate of drug-likeness (QED) is 0.769. The molecule has 0 aliphatic carbocycles. The molecule has 1 amide bonds. The molecule has 1 aromatic rings. The van der Waals surface area contributed by atoms with Crippen molar-refractivity contribution in [3.8, 4) is 11.5 Å². The van der Waals surface area contributed by atoms with Gasteiger partial charge in [0.25, 0.3) is 0 Å². The van der Waals surface area contributed by atoms with E-state index in [9.17, 15) is 4.79 Å². The third kappa shape index (κ3) is 5.13. The number of carbonyl (C=O) groups is 1. The number of methoxy groups -OCH3 is 1. The zero-order chi connectivity index (χ0) is 17.5. The van der Waals surface area contributed by atoms with Crippen LogP contribution >= 0.6 is 0 Å². The monoisotopic (exact) mass is 334 g/mol. The first-order chi connectivity index (χ1) is 11.5. The number of piperidine rings is 1. The molecule has 2 atom stereocenters. The van der Waals surface area contributed by atoms with Gasteiger partial charge in [-0.2, -0.15) is 0 Å². The minimum absolute atomic E-state index is 0.224. The Morgan fingerprint density at radius 2 is 1.75 bits per heavy atom. The lowest BCUT2D eigenvalue weighted by molar-refractivity contribution is -0.138. The van der Waals surface area contributed by atoms with E-state index < -0.39 is 0 Å². The largest absolute Gasteiger partial charge is 0.497 e. The average molecular weight is 334 g/mol. The molecule has 5 nitrogen and oxygen atoms in total. The third-order valence-corrected chi connectivity index (χ3v) is 4.69. The molecule has 5 heteroatoms. The number of nitrogens with zero attached hydrogens (tertiary/aromatic N) is 2. The van der Waals surface area contributed by atoms with E-state index in [2.05, 4.69) is 18.7 Å². The van der Waals surface area contributed by atoms with Crippen LogP contribution in [0, 0.1) is 0 Å². The van der Waals surface area contributed by atoms with Gasteiger partial charge in [-0.3, -0.25) is 9.69 Å². The Morgan fingerprint density at radius 1 is 1.17 bits per heavy atom. The van der Waals surface area contributed by atoms with E-state index in [0.717, 1.165) is 24.3 Å². The number of likely N-dealkylation sites (tertiary alicyclic amines) is 1. The lowest BCUT2D eigenvalue weighted by Crippen LogP contribution is -2.50. The minimum Gasteiger partial charge on any atom is -0.497 e. The van der Waals surface area contributed by atoms with Crippen molar-refractivity contribution in [3.05, 3.63) is 24.3 Å². The fourth-order valence-electron chi connectivity index (χ4n) is 3.30. The van der Waals surface area contributed by atoms with E-state index in [1.807, 2.05) is 36.2 Å². The summed E-state index contributed by atoms with van der Waals surface area (Å²) in [4.78, 5) is 16.7. The van der Waals surface area contributed by atoms with Crippen LogP contribution < -0.4 is 9.47 Å². The molecule has 0 spiro atoms. The Balaban J connectivity index is 1.73. The van der Waals surface area contributed by atoms with Gasteiger partial charge in [0.1, 0.15) is 18.1 Å². The van der Waals surface area contributed by atoms with Gasteiger partial charge < -0.3 is 14.4 Å². The molecule has 24 heavy (non-hydrogen) atoms. The van der Waals surface area contributed by atoms with E-state index in [4.69, 9.17) is 9.47 Å². The van der Waals surface area contributed by atoms with Gasteiger partial charge in [0, 0.05) is 18.6 Å². The molecule has 0 saturated carbocycles. The summed E-state index contributed by atoms with van der Waals surface area (Å²) in [5.41, 5.74) is 0. The Morgan fingerprint density at radius 3 is 2.33 bits per heavy atom. The summed E-state index contributed by atoms with van der Waals surface area (Å²) in [5.74, 6) is 1.85.